The fourth-order valence-electron chi connectivity index (χ4n) is 1.28. The third-order valence-electron chi connectivity index (χ3n) is 2.11. The monoisotopic (exact) mass is 347 g/mol. The van der Waals surface area contributed by atoms with Gasteiger partial charge >= 0.3 is 0 Å². The van der Waals surface area contributed by atoms with Crippen molar-refractivity contribution in [3.63, 3.8) is 0 Å². The summed E-state index contributed by atoms with van der Waals surface area (Å²) < 4.78 is 1.02. The topological polar surface area (TPSA) is 26.0 Å². The molecule has 0 aliphatic heterocycles. The van der Waals surface area contributed by atoms with E-state index in [-0.39, 0.29) is 0 Å². The highest BCUT2D eigenvalue weighted by Crippen LogP contribution is 2.39. The molecule has 0 aliphatic carbocycles. The van der Waals surface area contributed by atoms with Gasteiger partial charge in [-0.1, -0.05) is 47.1 Å². The van der Waals surface area contributed by atoms with Gasteiger partial charge in [0.15, 0.2) is 0 Å². The summed E-state index contributed by atoms with van der Waals surface area (Å²) in [6.45, 7) is 0. The quantitative estimate of drug-likeness (QED) is 0.726. The Morgan fingerprint density at radius 1 is 1.00 bits per heavy atom. The van der Waals surface area contributed by atoms with Crippen molar-refractivity contribution in [2.45, 2.75) is 9.79 Å². The molecular formula is C12H8BrCl2NS. The minimum Gasteiger partial charge on any atom is -0.398 e. The maximum atomic E-state index is 5.98. The second-order valence-corrected chi connectivity index (χ2v) is 6.09. The maximum Gasteiger partial charge on any atom is 0.0613 e. The predicted molar refractivity (Wildman–Crippen MR) is 79.1 cm³/mol. The highest BCUT2D eigenvalue weighted by molar-refractivity contribution is 9.10. The molecule has 0 saturated heterocycles. The SMILES string of the molecule is Nc1cc(Cl)c(Cl)cc1Sc1ccccc1Br. The Balaban J connectivity index is 2.37. The zero-order chi connectivity index (χ0) is 12.4. The summed E-state index contributed by atoms with van der Waals surface area (Å²) in [5.41, 5.74) is 6.53. The summed E-state index contributed by atoms with van der Waals surface area (Å²) in [5, 5.41) is 0.982. The molecule has 0 unspecified atom stereocenters. The molecule has 2 rings (SSSR count). The molecule has 0 aliphatic rings. The van der Waals surface area contributed by atoms with Crippen LogP contribution in [-0.2, 0) is 0 Å². The lowest BCUT2D eigenvalue weighted by atomic mass is 10.3. The number of hydrogen-bond donors (Lipinski definition) is 1. The third kappa shape index (κ3) is 3.10. The van der Waals surface area contributed by atoms with E-state index in [2.05, 4.69) is 15.9 Å². The standard InChI is InChI=1S/C12H8BrCl2NS/c13-7-3-1-2-4-11(7)17-12-6-9(15)8(14)5-10(12)16/h1-6H,16H2. The Morgan fingerprint density at radius 2 is 1.65 bits per heavy atom. The predicted octanol–water partition coefficient (Wildman–Crippen LogP) is 5.49. The van der Waals surface area contributed by atoms with Gasteiger partial charge in [-0.05, 0) is 40.2 Å². The molecule has 0 radical (unpaired) electrons. The van der Waals surface area contributed by atoms with Crippen LogP contribution in [0.5, 0.6) is 0 Å². The van der Waals surface area contributed by atoms with Crippen LogP contribution in [0.25, 0.3) is 0 Å². The van der Waals surface area contributed by atoms with Crippen LogP contribution in [0.3, 0.4) is 0 Å². The zero-order valence-corrected chi connectivity index (χ0v) is 12.5. The Hall–Kier alpha value is -0.350. The van der Waals surface area contributed by atoms with E-state index in [4.69, 9.17) is 28.9 Å². The summed E-state index contributed by atoms with van der Waals surface area (Å²) in [6.07, 6.45) is 0. The van der Waals surface area contributed by atoms with Crippen LogP contribution in [0.15, 0.2) is 50.7 Å². The van der Waals surface area contributed by atoms with E-state index < -0.39 is 0 Å². The Bertz CT molecular complexity index is 560. The average molecular weight is 349 g/mol. The third-order valence-corrected chi connectivity index (χ3v) is 4.93. The van der Waals surface area contributed by atoms with E-state index >= 15 is 0 Å². The molecule has 2 N–H and O–H groups in total. The van der Waals surface area contributed by atoms with E-state index in [9.17, 15) is 0 Å². The number of rotatable bonds is 2. The Morgan fingerprint density at radius 3 is 2.35 bits per heavy atom. The zero-order valence-electron chi connectivity index (χ0n) is 8.58. The van der Waals surface area contributed by atoms with Crippen molar-refractivity contribution in [2.24, 2.45) is 0 Å². The number of anilines is 1. The van der Waals surface area contributed by atoms with Gasteiger partial charge in [0.05, 0.1) is 10.0 Å². The number of benzene rings is 2. The molecule has 88 valence electrons. The lowest BCUT2D eigenvalue weighted by Gasteiger charge is -2.08. The van der Waals surface area contributed by atoms with Gasteiger partial charge in [0.1, 0.15) is 0 Å². The second-order valence-electron chi connectivity index (χ2n) is 3.34. The van der Waals surface area contributed by atoms with Gasteiger partial charge in [0.2, 0.25) is 0 Å². The number of halogens is 3. The largest absolute Gasteiger partial charge is 0.398 e. The molecule has 5 heteroatoms. The van der Waals surface area contributed by atoms with Crippen LogP contribution in [-0.4, -0.2) is 0 Å². The summed E-state index contributed by atoms with van der Waals surface area (Å²) in [6, 6.07) is 11.4. The fourth-order valence-corrected chi connectivity index (χ4v) is 3.11. The first-order valence-corrected chi connectivity index (χ1v) is 7.11. The molecule has 0 heterocycles. The van der Waals surface area contributed by atoms with Crippen molar-refractivity contribution in [2.75, 3.05) is 5.73 Å². The normalized spacial score (nSPS) is 10.5. The maximum absolute atomic E-state index is 5.98. The van der Waals surface area contributed by atoms with Gasteiger partial charge in [-0.2, -0.15) is 0 Å². The van der Waals surface area contributed by atoms with Crippen LogP contribution in [0.2, 0.25) is 10.0 Å². The highest BCUT2D eigenvalue weighted by Gasteiger charge is 2.08. The van der Waals surface area contributed by atoms with E-state index in [1.54, 1.807) is 23.9 Å². The molecule has 1 nitrogen and oxygen atoms in total. The van der Waals surface area contributed by atoms with Crippen LogP contribution < -0.4 is 5.73 Å². The van der Waals surface area contributed by atoms with E-state index in [1.807, 2.05) is 24.3 Å². The smallest absolute Gasteiger partial charge is 0.0613 e. The average Bonchev–Trinajstić information content (AvgIpc) is 2.29. The first-order valence-electron chi connectivity index (χ1n) is 4.75. The molecule has 0 aromatic heterocycles. The molecule has 0 saturated carbocycles. The Kier molecular flexibility index (Phi) is 4.26. The molecule has 0 amide bonds. The van der Waals surface area contributed by atoms with Gasteiger partial charge in [0.25, 0.3) is 0 Å². The van der Waals surface area contributed by atoms with Crippen molar-refractivity contribution in [1.82, 2.24) is 0 Å². The molecule has 0 bridgehead atoms. The van der Waals surface area contributed by atoms with Crippen molar-refractivity contribution in [1.29, 1.82) is 0 Å². The fraction of sp³-hybridized carbons (Fsp3) is 0. The molecule has 2 aromatic rings. The van der Waals surface area contributed by atoms with Crippen molar-refractivity contribution in [3.8, 4) is 0 Å². The van der Waals surface area contributed by atoms with E-state index in [0.717, 1.165) is 14.3 Å². The highest BCUT2D eigenvalue weighted by atomic mass is 79.9. The van der Waals surface area contributed by atoms with Gasteiger partial charge in [-0.25, -0.2) is 0 Å². The van der Waals surface area contributed by atoms with Crippen molar-refractivity contribution < 1.29 is 0 Å². The van der Waals surface area contributed by atoms with Crippen LogP contribution in [0, 0.1) is 0 Å². The first kappa shape index (κ1) is 13.1. The molecule has 2 aromatic carbocycles. The van der Waals surface area contributed by atoms with E-state index in [1.165, 1.54) is 0 Å². The van der Waals surface area contributed by atoms with Gasteiger partial charge in [-0.15, -0.1) is 0 Å². The molecule has 0 atom stereocenters. The summed E-state index contributed by atoms with van der Waals surface area (Å²) >= 11 is 16.9. The number of nitrogen functional groups attached to an aromatic ring is 1. The summed E-state index contributed by atoms with van der Waals surface area (Å²) in [5.74, 6) is 0. The first-order chi connectivity index (χ1) is 8.08. The number of nitrogens with two attached hydrogens (primary N) is 1. The minimum absolute atomic E-state index is 0.473. The molecule has 17 heavy (non-hydrogen) atoms. The van der Waals surface area contributed by atoms with Crippen LogP contribution in [0.4, 0.5) is 5.69 Å². The molecule has 0 spiro atoms. The summed E-state index contributed by atoms with van der Waals surface area (Å²) in [7, 11) is 0. The van der Waals surface area contributed by atoms with Gasteiger partial charge in [-0.3, -0.25) is 0 Å². The number of hydrogen-bond acceptors (Lipinski definition) is 2. The van der Waals surface area contributed by atoms with Crippen molar-refractivity contribution >= 4 is 56.6 Å². The summed E-state index contributed by atoms with van der Waals surface area (Å²) in [4.78, 5) is 1.98. The Labute approximate surface area is 122 Å². The lowest BCUT2D eigenvalue weighted by molar-refractivity contribution is 1.38. The van der Waals surface area contributed by atoms with Gasteiger partial charge < -0.3 is 5.73 Å². The minimum atomic E-state index is 0.473. The van der Waals surface area contributed by atoms with Crippen molar-refractivity contribution in [3.05, 3.63) is 50.9 Å². The molecule has 0 fully saturated rings. The molecular weight excluding hydrogens is 341 g/mol. The van der Waals surface area contributed by atoms with Crippen LogP contribution >= 0.6 is 50.9 Å². The van der Waals surface area contributed by atoms with Gasteiger partial charge in [0, 0.05) is 20.0 Å². The van der Waals surface area contributed by atoms with Crippen LogP contribution in [0.1, 0.15) is 0 Å². The van der Waals surface area contributed by atoms with E-state index in [0.29, 0.717) is 15.7 Å². The lowest BCUT2D eigenvalue weighted by Crippen LogP contribution is -1.89. The second kappa shape index (κ2) is 5.53.